The second-order valence-electron chi connectivity index (χ2n) is 4.87. The van der Waals surface area contributed by atoms with Crippen LogP contribution in [0.25, 0.3) is 0 Å². The third-order valence-electron chi connectivity index (χ3n) is 3.77. The zero-order chi connectivity index (χ0) is 11.1. The van der Waals surface area contributed by atoms with Gasteiger partial charge in [-0.2, -0.15) is 0 Å². The SMILES string of the molecule is NC(=O)C1CC2CC2N1Cc1ccccc1. The van der Waals surface area contributed by atoms with Crippen molar-refractivity contribution in [3.63, 3.8) is 0 Å². The summed E-state index contributed by atoms with van der Waals surface area (Å²) in [6.45, 7) is 0.857. The summed E-state index contributed by atoms with van der Waals surface area (Å²) in [5.74, 6) is 0.560. The molecule has 3 heteroatoms. The molecule has 3 rings (SSSR count). The second-order valence-corrected chi connectivity index (χ2v) is 4.87. The van der Waals surface area contributed by atoms with Crippen molar-refractivity contribution in [3.8, 4) is 0 Å². The van der Waals surface area contributed by atoms with Crippen LogP contribution in [0.4, 0.5) is 0 Å². The molecule has 1 aliphatic heterocycles. The number of carbonyl (C=O) groups excluding carboxylic acids is 1. The van der Waals surface area contributed by atoms with E-state index in [1.165, 1.54) is 12.0 Å². The van der Waals surface area contributed by atoms with E-state index in [-0.39, 0.29) is 11.9 Å². The van der Waals surface area contributed by atoms with Gasteiger partial charge in [-0.1, -0.05) is 30.3 Å². The van der Waals surface area contributed by atoms with Gasteiger partial charge in [-0.15, -0.1) is 0 Å². The van der Waals surface area contributed by atoms with Crippen molar-refractivity contribution in [1.29, 1.82) is 0 Å². The van der Waals surface area contributed by atoms with E-state index in [2.05, 4.69) is 17.0 Å². The third kappa shape index (κ3) is 1.61. The Morgan fingerprint density at radius 1 is 1.31 bits per heavy atom. The Kier molecular flexibility index (Phi) is 2.21. The molecule has 1 saturated carbocycles. The predicted molar refractivity (Wildman–Crippen MR) is 61.5 cm³/mol. The maximum Gasteiger partial charge on any atom is 0.234 e. The lowest BCUT2D eigenvalue weighted by Gasteiger charge is -2.24. The van der Waals surface area contributed by atoms with Gasteiger partial charge >= 0.3 is 0 Å². The second kappa shape index (κ2) is 3.59. The first-order valence-corrected chi connectivity index (χ1v) is 5.84. The number of carbonyl (C=O) groups is 1. The van der Waals surface area contributed by atoms with E-state index in [0.717, 1.165) is 18.9 Å². The van der Waals surface area contributed by atoms with Crippen molar-refractivity contribution >= 4 is 5.91 Å². The predicted octanol–water partition coefficient (Wildman–Crippen LogP) is 1.13. The first-order valence-electron chi connectivity index (χ1n) is 5.84. The minimum absolute atomic E-state index is 0.0380. The number of benzene rings is 1. The van der Waals surface area contributed by atoms with Crippen LogP contribution in [-0.4, -0.2) is 22.9 Å². The van der Waals surface area contributed by atoms with Crippen molar-refractivity contribution in [2.75, 3.05) is 0 Å². The maximum atomic E-state index is 11.3. The lowest BCUT2D eigenvalue weighted by atomic mass is 10.1. The monoisotopic (exact) mass is 216 g/mol. The number of amides is 1. The number of hydrogen-bond donors (Lipinski definition) is 1. The maximum absolute atomic E-state index is 11.3. The van der Waals surface area contributed by atoms with Crippen LogP contribution >= 0.6 is 0 Å². The van der Waals surface area contributed by atoms with Crippen LogP contribution in [0.5, 0.6) is 0 Å². The Morgan fingerprint density at radius 3 is 2.75 bits per heavy atom. The molecule has 2 aliphatic rings. The van der Waals surface area contributed by atoms with E-state index in [1.807, 2.05) is 18.2 Å². The van der Waals surface area contributed by atoms with Crippen molar-refractivity contribution in [2.45, 2.75) is 31.5 Å². The summed E-state index contributed by atoms with van der Waals surface area (Å²) >= 11 is 0. The van der Waals surface area contributed by atoms with Crippen LogP contribution in [0, 0.1) is 5.92 Å². The Hall–Kier alpha value is -1.35. The van der Waals surface area contributed by atoms with Gasteiger partial charge in [-0.05, 0) is 24.3 Å². The van der Waals surface area contributed by atoms with Crippen molar-refractivity contribution in [1.82, 2.24) is 4.90 Å². The van der Waals surface area contributed by atoms with Crippen LogP contribution in [0.3, 0.4) is 0 Å². The van der Waals surface area contributed by atoms with Crippen LogP contribution in [0.15, 0.2) is 30.3 Å². The van der Waals surface area contributed by atoms with Gasteiger partial charge in [0.1, 0.15) is 0 Å². The van der Waals surface area contributed by atoms with Crippen molar-refractivity contribution in [3.05, 3.63) is 35.9 Å². The average Bonchev–Trinajstić information content (AvgIpc) is 2.97. The van der Waals surface area contributed by atoms with Gasteiger partial charge < -0.3 is 5.73 Å². The number of nitrogens with two attached hydrogens (primary N) is 1. The van der Waals surface area contributed by atoms with E-state index in [1.54, 1.807) is 0 Å². The number of fused-ring (bicyclic) bond motifs is 1. The molecule has 2 fully saturated rings. The molecule has 1 saturated heterocycles. The molecule has 0 bridgehead atoms. The highest BCUT2D eigenvalue weighted by Crippen LogP contribution is 2.48. The quantitative estimate of drug-likeness (QED) is 0.823. The molecule has 1 aliphatic carbocycles. The van der Waals surface area contributed by atoms with Crippen LogP contribution in [0.2, 0.25) is 0 Å². The molecule has 0 spiro atoms. The number of nitrogens with zero attached hydrogens (tertiary/aromatic N) is 1. The van der Waals surface area contributed by atoms with Gasteiger partial charge in [0.2, 0.25) is 5.91 Å². The molecule has 1 heterocycles. The number of hydrogen-bond acceptors (Lipinski definition) is 2. The normalized spacial score (nSPS) is 32.4. The molecular weight excluding hydrogens is 200 g/mol. The lowest BCUT2D eigenvalue weighted by Crippen LogP contribution is -2.42. The smallest absolute Gasteiger partial charge is 0.234 e. The fraction of sp³-hybridized carbons (Fsp3) is 0.462. The average molecular weight is 216 g/mol. The largest absolute Gasteiger partial charge is 0.368 e. The minimum atomic E-state index is -0.164. The van der Waals surface area contributed by atoms with E-state index in [0.29, 0.717) is 6.04 Å². The van der Waals surface area contributed by atoms with Gasteiger partial charge in [0.05, 0.1) is 6.04 Å². The summed E-state index contributed by atoms with van der Waals surface area (Å²) in [5, 5.41) is 0. The molecule has 3 unspecified atom stereocenters. The molecule has 2 N–H and O–H groups in total. The first-order chi connectivity index (χ1) is 7.75. The Labute approximate surface area is 95.2 Å². The van der Waals surface area contributed by atoms with Crippen molar-refractivity contribution in [2.24, 2.45) is 11.7 Å². The fourth-order valence-electron chi connectivity index (χ4n) is 2.85. The summed E-state index contributed by atoms with van der Waals surface area (Å²) in [5.41, 5.74) is 6.71. The van der Waals surface area contributed by atoms with Gasteiger partial charge in [0.15, 0.2) is 0 Å². The number of piperidine rings is 1. The molecular formula is C13H16N2O. The molecule has 0 aromatic heterocycles. The number of likely N-dealkylation sites (tertiary alicyclic amines) is 1. The highest BCUT2D eigenvalue weighted by molar-refractivity contribution is 5.80. The van der Waals surface area contributed by atoms with Gasteiger partial charge in [0.25, 0.3) is 0 Å². The standard InChI is InChI=1S/C13H16N2O/c14-13(16)12-7-10-6-11(10)15(12)8-9-4-2-1-3-5-9/h1-5,10-12H,6-8H2,(H2,14,16). The topological polar surface area (TPSA) is 46.3 Å². The van der Waals surface area contributed by atoms with E-state index in [4.69, 9.17) is 5.73 Å². The van der Waals surface area contributed by atoms with Gasteiger partial charge in [-0.3, -0.25) is 9.69 Å². The summed E-state index contributed by atoms with van der Waals surface area (Å²) in [4.78, 5) is 13.6. The fourth-order valence-corrected chi connectivity index (χ4v) is 2.85. The van der Waals surface area contributed by atoms with Crippen LogP contribution < -0.4 is 5.73 Å². The number of rotatable bonds is 3. The zero-order valence-electron chi connectivity index (χ0n) is 9.17. The molecule has 0 radical (unpaired) electrons. The molecule has 16 heavy (non-hydrogen) atoms. The van der Waals surface area contributed by atoms with Gasteiger partial charge in [0, 0.05) is 12.6 Å². The molecule has 1 aromatic carbocycles. The van der Waals surface area contributed by atoms with Crippen LogP contribution in [-0.2, 0) is 11.3 Å². The highest BCUT2D eigenvalue weighted by atomic mass is 16.1. The molecule has 1 aromatic rings. The summed E-state index contributed by atoms with van der Waals surface area (Å²) < 4.78 is 0. The summed E-state index contributed by atoms with van der Waals surface area (Å²) in [6, 6.07) is 10.9. The zero-order valence-corrected chi connectivity index (χ0v) is 9.17. The minimum Gasteiger partial charge on any atom is -0.368 e. The van der Waals surface area contributed by atoms with Gasteiger partial charge in [-0.25, -0.2) is 0 Å². The number of primary amides is 1. The Morgan fingerprint density at radius 2 is 2.06 bits per heavy atom. The first kappa shape index (κ1) is 9.85. The highest BCUT2D eigenvalue weighted by Gasteiger charge is 2.53. The summed E-state index contributed by atoms with van der Waals surface area (Å²) in [7, 11) is 0. The van der Waals surface area contributed by atoms with E-state index in [9.17, 15) is 4.79 Å². The molecule has 3 atom stereocenters. The molecule has 3 nitrogen and oxygen atoms in total. The van der Waals surface area contributed by atoms with E-state index < -0.39 is 0 Å². The van der Waals surface area contributed by atoms with Crippen molar-refractivity contribution < 1.29 is 4.79 Å². The third-order valence-corrected chi connectivity index (χ3v) is 3.77. The summed E-state index contributed by atoms with van der Waals surface area (Å²) in [6.07, 6.45) is 2.21. The Bertz CT molecular complexity index is 404. The van der Waals surface area contributed by atoms with E-state index >= 15 is 0 Å². The lowest BCUT2D eigenvalue weighted by molar-refractivity contribution is -0.123. The Balaban J connectivity index is 1.76. The van der Waals surface area contributed by atoms with Crippen LogP contribution in [0.1, 0.15) is 18.4 Å². The molecule has 1 amide bonds. The molecule has 84 valence electrons.